The minimum atomic E-state index is -4.73. The summed E-state index contributed by atoms with van der Waals surface area (Å²) in [5.74, 6) is -0.268. The number of anilines is 2. The maximum Gasteiger partial charge on any atom is 0.332 e. The lowest BCUT2D eigenvalue weighted by Gasteiger charge is -2.06. The Kier molecular flexibility index (Phi) is 4.23. The third-order valence-electron chi connectivity index (χ3n) is 2.76. The topological polar surface area (TPSA) is 89.3 Å². The summed E-state index contributed by atoms with van der Waals surface area (Å²) in [5.41, 5.74) is 7.35. The van der Waals surface area contributed by atoms with E-state index < -0.39 is 15.1 Å². The van der Waals surface area contributed by atoms with Gasteiger partial charge >= 0.3 is 10.2 Å². The molecule has 0 atom stereocenters. The predicted molar refractivity (Wildman–Crippen MR) is 77.9 cm³/mol. The molecule has 5 nitrogen and oxygen atoms in total. The maximum absolute atomic E-state index is 12.7. The molecule has 3 N–H and O–H groups in total. The van der Waals surface area contributed by atoms with Crippen LogP contribution in [0.25, 0.3) is 0 Å². The van der Waals surface area contributed by atoms with Crippen LogP contribution >= 0.6 is 0 Å². The van der Waals surface area contributed by atoms with Crippen LogP contribution in [0.5, 0.6) is 0 Å². The number of carbonyl (C=O) groups excluding carboxylic acids is 1. The molecule has 0 spiro atoms. The molecule has 2 aromatic carbocycles. The molecule has 0 fully saturated rings. The van der Waals surface area contributed by atoms with Gasteiger partial charge in [0.15, 0.2) is 0 Å². The van der Waals surface area contributed by atoms with Gasteiger partial charge in [-0.3, -0.25) is 4.79 Å². The molecule has 0 bridgehead atoms. The number of hydrogen-bond donors (Lipinski definition) is 2. The van der Waals surface area contributed by atoms with E-state index in [4.69, 9.17) is 5.73 Å². The van der Waals surface area contributed by atoms with E-state index in [1.807, 2.05) is 0 Å². The Morgan fingerprint density at radius 1 is 1.05 bits per heavy atom. The largest absolute Gasteiger partial charge is 0.399 e. The molecule has 2 aromatic rings. The molecular weight excluding hydrogens is 295 g/mol. The minimum absolute atomic E-state index is 0.156. The van der Waals surface area contributed by atoms with Crippen molar-refractivity contribution >= 4 is 27.5 Å². The number of benzene rings is 2. The van der Waals surface area contributed by atoms with Crippen molar-refractivity contribution in [3.8, 4) is 0 Å². The van der Waals surface area contributed by atoms with Crippen LogP contribution < -0.4 is 11.1 Å². The molecule has 110 valence electrons. The van der Waals surface area contributed by atoms with E-state index in [-0.39, 0.29) is 12.3 Å². The standard InChI is InChI=1S/C14H13FN2O3S/c15-21(19,20)13-7-5-12(6-8-13)17-14(18)9-10-1-3-11(16)4-2-10/h1-8H,9,16H2,(H,17,18). The van der Waals surface area contributed by atoms with Gasteiger partial charge in [0.05, 0.1) is 11.3 Å². The Bertz CT molecular complexity index is 741. The third-order valence-corrected chi connectivity index (χ3v) is 3.60. The summed E-state index contributed by atoms with van der Waals surface area (Å²) in [4.78, 5) is 11.4. The van der Waals surface area contributed by atoms with Gasteiger partial charge in [0.2, 0.25) is 5.91 Å². The quantitative estimate of drug-likeness (QED) is 0.668. The molecule has 0 aliphatic heterocycles. The van der Waals surface area contributed by atoms with Gasteiger partial charge in [-0.1, -0.05) is 12.1 Å². The van der Waals surface area contributed by atoms with Crippen molar-refractivity contribution in [1.29, 1.82) is 0 Å². The van der Waals surface area contributed by atoms with Gasteiger partial charge in [0.25, 0.3) is 0 Å². The fraction of sp³-hybridized carbons (Fsp3) is 0.0714. The molecule has 0 heterocycles. The van der Waals surface area contributed by atoms with Crippen molar-refractivity contribution < 1.29 is 17.1 Å². The summed E-state index contributed by atoms with van der Waals surface area (Å²) in [7, 11) is -4.73. The first-order chi connectivity index (χ1) is 9.84. The van der Waals surface area contributed by atoms with Crippen LogP contribution in [0.4, 0.5) is 15.3 Å². The van der Waals surface area contributed by atoms with Crippen LogP contribution in [0.2, 0.25) is 0 Å². The van der Waals surface area contributed by atoms with Gasteiger partial charge in [-0.25, -0.2) is 0 Å². The molecule has 0 saturated heterocycles. The van der Waals surface area contributed by atoms with E-state index in [2.05, 4.69) is 5.32 Å². The highest BCUT2D eigenvalue weighted by atomic mass is 32.3. The summed E-state index contributed by atoms with van der Waals surface area (Å²) in [6.07, 6.45) is 0.156. The van der Waals surface area contributed by atoms with Crippen molar-refractivity contribution in [2.75, 3.05) is 11.1 Å². The first-order valence-electron chi connectivity index (χ1n) is 6.03. The Morgan fingerprint density at radius 2 is 1.62 bits per heavy atom. The highest BCUT2D eigenvalue weighted by molar-refractivity contribution is 7.86. The highest BCUT2D eigenvalue weighted by Gasteiger charge is 2.11. The number of hydrogen-bond acceptors (Lipinski definition) is 4. The zero-order valence-corrected chi connectivity index (χ0v) is 11.7. The van der Waals surface area contributed by atoms with E-state index >= 15 is 0 Å². The Morgan fingerprint density at radius 3 is 2.14 bits per heavy atom. The minimum Gasteiger partial charge on any atom is -0.399 e. The lowest BCUT2D eigenvalue weighted by Crippen LogP contribution is -2.14. The molecule has 1 amide bonds. The van der Waals surface area contributed by atoms with Crippen LogP contribution in [0.15, 0.2) is 53.4 Å². The van der Waals surface area contributed by atoms with Crippen molar-refractivity contribution in [3.63, 3.8) is 0 Å². The van der Waals surface area contributed by atoms with E-state index in [1.54, 1.807) is 24.3 Å². The summed E-state index contributed by atoms with van der Waals surface area (Å²) in [6, 6.07) is 11.7. The molecule has 0 radical (unpaired) electrons. The smallest absolute Gasteiger partial charge is 0.332 e. The SMILES string of the molecule is Nc1ccc(CC(=O)Nc2ccc(S(=O)(=O)F)cc2)cc1. The van der Waals surface area contributed by atoms with Gasteiger partial charge < -0.3 is 11.1 Å². The first kappa shape index (κ1) is 15.0. The molecule has 7 heteroatoms. The average molecular weight is 308 g/mol. The molecule has 2 rings (SSSR count). The highest BCUT2D eigenvalue weighted by Crippen LogP contribution is 2.16. The lowest BCUT2D eigenvalue weighted by atomic mass is 10.1. The van der Waals surface area contributed by atoms with Crippen molar-refractivity contribution in [1.82, 2.24) is 0 Å². The van der Waals surface area contributed by atoms with E-state index in [1.165, 1.54) is 12.1 Å². The fourth-order valence-corrected chi connectivity index (χ4v) is 2.19. The Labute approximate surface area is 121 Å². The average Bonchev–Trinajstić information content (AvgIpc) is 2.41. The summed E-state index contributed by atoms with van der Waals surface area (Å²) in [5, 5.41) is 2.60. The van der Waals surface area contributed by atoms with Gasteiger partial charge in [0.1, 0.15) is 0 Å². The third kappa shape index (κ3) is 4.28. The number of rotatable bonds is 4. The summed E-state index contributed by atoms with van der Waals surface area (Å²) >= 11 is 0. The number of nitrogens with two attached hydrogens (primary N) is 1. The summed E-state index contributed by atoms with van der Waals surface area (Å²) < 4.78 is 34.1. The summed E-state index contributed by atoms with van der Waals surface area (Å²) in [6.45, 7) is 0. The molecule has 0 aliphatic rings. The molecule has 0 aromatic heterocycles. The molecule has 0 unspecified atom stereocenters. The number of nitrogen functional groups attached to an aromatic ring is 1. The van der Waals surface area contributed by atoms with Gasteiger partial charge in [0, 0.05) is 11.4 Å². The molecule has 0 saturated carbocycles. The van der Waals surface area contributed by atoms with E-state index in [0.29, 0.717) is 11.4 Å². The number of halogens is 1. The van der Waals surface area contributed by atoms with Crippen LogP contribution in [0, 0.1) is 0 Å². The number of nitrogens with one attached hydrogen (secondary N) is 1. The van der Waals surface area contributed by atoms with Gasteiger partial charge in [-0.15, -0.1) is 3.89 Å². The zero-order chi connectivity index (χ0) is 15.5. The van der Waals surface area contributed by atoms with Crippen molar-refractivity contribution in [2.45, 2.75) is 11.3 Å². The fourth-order valence-electron chi connectivity index (χ4n) is 1.73. The van der Waals surface area contributed by atoms with Crippen molar-refractivity contribution in [3.05, 3.63) is 54.1 Å². The van der Waals surface area contributed by atoms with E-state index in [0.717, 1.165) is 17.7 Å². The van der Waals surface area contributed by atoms with Crippen LogP contribution in [-0.2, 0) is 21.4 Å². The molecule has 21 heavy (non-hydrogen) atoms. The predicted octanol–water partition coefficient (Wildman–Crippen LogP) is 2.11. The number of amides is 1. The first-order valence-corrected chi connectivity index (χ1v) is 7.42. The van der Waals surface area contributed by atoms with Crippen LogP contribution in [0.1, 0.15) is 5.56 Å². The van der Waals surface area contributed by atoms with Crippen molar-refractivity contribution in [2.24, 2.45) is 0 Å². The Hall–Kier alpha value is -2.41. The number of carbonyl (C=O) groups is 1. The Balaban J connectivity index is 2.01. The monoisotopic (exact) mass is 308 g/mol. The van der Waals surface area contributed by atoms with E-state index in [9.17, 15) is 17.1 Å². The van der Waals surface area contributed by atoms with Crippen LogP contribution in [-0.4, -0.2) is 14.3 Å². The second kappa shape index (κ2) is 5.92. The molecular formula is C14H13FN2O3S. The molecule has 0 aliphatic carbocycles. The van der Waals surface area contributed by atoms with Gasteiger partial charge in [-0.05, 0) is 42.0 Å². The second-order valence-electron chi connectivity index (χ2n) is 4.43. The van der Waals surface area contributed by atoms with Gasteiger partial charge in [-0.2, -0.15) is 8.42 Å². The van der Waals surface area contributed by atoms with Crippen LogP contribution in [0.3, 0.4) is 0 Å². The maximum atomic E-state index is 12.7. The second-order valence-corrected chi connectivity index (χ2v) is 5.78. The lowest BCUT2D eigenvalue weighted by molar-refractivity contribution is -0.115. The zero-order valence-electron chi connectivity index (χ0n) is 10.9. The normalized spacial score (nSPS) is 11.1.